The van der Waals surface area contributed by atoms with Crippen molar-refractivity contribution in [1.29, 1.82) is 0 Å². The first-order valence-electron chi connectivity index (χ1n) is 7.61. The van der Waals surface area contributed by atoms with E-state index in [2.05, 4.69) is 20.9 Å². The predicted molar refractivity (Wildman–Crippen MR) is 95.7 cm³/mol. The zero-order valence-electron chi connectivity index (χ0n) is 13.9. The maximum atomic E-state index is 11.8. The van der Waals surface area contributed by atoms with E-state index in [1.165, 1.54) is 7.05 Å². The van der Waals surface area contributed by atoms with E-state index >= 15 is 0 Å². The average Bonchev–Trinajstić information content (AvgIpc) is 2.61. The van der Waals surface area contributed by atoms with E-state index in [1.54, 1.807) is 31.3 Å². The van der Waals surface area contributed by atoms with Crippen molar-refractivity contribution in [2.75, 3.05) is 12.4 Å². The molecular formula is C17H19ClN4O3. The first-order valence-corrected chi connectivity index (χ1v) is 7.98. The summed E-state index contributed by atoms with van der Waals surface area (Å²) >= 11 is 6.22. The summed E-state index contributed by atoms with van der Waals surface area (Å²) < 4.78 is 5.64. The highest BCUT2D eigenvalue weighted by Gasteiger charge is 2.15. The second-order valence-electron chi connectivity index (χ2n) is 5.19. The summed E-state index contributed by atoms with van der Waals surface area (Å²) in [5.41, 5.74) is 1.43. The molecule has 2 aromatic rings. The number of hydrogen-bond acceptors (Lipinski definition) is 5. The van der Waals surface area contributed by atoms with Crippen LogP contribution in [-0.2, 0) is 11.4 Å². The van der Waals surface area contributed by atoms with Gasteiger partial charge in [-0.15, -0.1) is 0 Å². The van der Waals surface area contributed by atoms with Crippen LogP contribution >= 0.6 is 11.6 Å². The molecule has 1 aromatic carbocycles. The molecule has 0 saturated heterocycles. The number of hydrogen-bond donors (Lipinski definition) is 3. The Kier molecular flexibility index (Phi) is 6.59. The highest BCUT2D eigenvalue weighted by Crippen LogP contribution is 2.28. The van der Waals surface area contributed by atoms with Gasteiger partial charge < -0.3 is 15.4 Å². The number of ether oxygens (including phenoxy) is 1. The maximum absolute atomic E-state index is 11.8. The van der Waals surface area contributed by atoms with E-state index in [-0.39, 0.29) is 0 Å². The van der Waals surface area contributed by atoms with Crippen LogP contribution in [0.15, 0.2) is 42.6 Å². The molecule has 0 spiro atoms. The van der Waals surface area contributed by atoms with E-state index in [0.29, 0.717) is 23.1 Å². The third-order valence-corrected chi connectivity index (χ3v) is 3.57. The number of imide groups is 1. The number of halogens is 1. The highest BCUT2D eigenvalue weighted by molar-refractivity contribution is 6.32. The van der Waals surface area contributed by atoms with Crippen molar-refractivity contribution >= 4 is 29.2 Å². The topological polar surface area (TPSA) is 92.4 Å². The summed E-state index contributed by atoms with van der Waals surface area (Å²) in [6, 6.07) is 9.49. The largest absolute Gasteiger partial charge is 0.486 e. The minimum atomic E-state index is -0.617. The van der Waals surface area contributed by atoms with Gasteiger partial charge in [0.15, 0.2) is 0 Å². The number of benzene rings is 1. The molecule has 3 N–H and O–H groups in total. The molecule has 8 heteroatoms. The fourth-order valence-electron chi connectivity index (χ4n) is 1.94. The predicted octanol–water partition coefficient (Wildman–Crippen LogP) is 2.57. The quantitative estimate of drug-likeness (QED) is 0.734. The third kappa shape index (κ3) is 5.65. The van der Waals surface area contributed by atoms with Gasteiger partial charge >= 0.3 is 6.03 Å². The zero-order chi connectivity index (χ0) is 18.2. The number of pyridine rings is 1. The summed E-state index contributed by atoms with van der Waals surface area (Å²) in [4.78, 5) is 27.2. The van der Waals surface area contributed by atoms with Crippen LogP contribution < -0.4 is 20.7 Å². The molecule has 0 aliphatic rings. The standard InChI is InChI=1S/C17H19ClN4O3/c1-11(16(23)22-17(24)19-2)21-12-6-7-15(14(18)9-12)25-10-13-5-3-4-8-20-13/h3-9,11,21H,10H2,1-2H3,(H2,19,22,23,24). The Bertz CT molecular complexity index is 740. The molecule has 0 fully saturated rings. The summed E-state index contributed by atoms with van der Waals surface area (Å²) in [5, 5.41) is 7.89. The summed E-state index contributed by atoms with van der Waals surface area (Å²) in [6.07, 6.45) is 1.69. The number of nitrogens with zero attached hydrogens (tertiary/aromatic N) is 1. The van der Waals surface area contributed by atoms with E-state index in [0.717, 1.165) is 5.69 Å². The van der Waals surface area contributed by atoms with Crippen molar-refractivity contribution in [3.63, 3.8) is 0 Å². The van der Waals surface area contributed by atoms with Crippen LogP contribution in [0.3, 0.4) is 0 Å². The second kappa shape index (κ2) is 8.89. The number of anilines is 1. The number of nitrogens with one attached hydrogen (secondary N) is 3. The lowest BCUT2D eigenvalue weighted by Crippen LogP contribution is -2.44. The molecule has 0 saturated carbocycles. The van der Waals surface area contributed by atoms with Crippen molar-refractivity contribution in [1.82, 2.24) is 15.6 Å². The molecule has 0 aliphatic heterocycles. The number of urea groups is 1. The molecule has 0 aliphatic carbocycles. The van der Waals surface area contributed by atoms with Gasteiger partial charge in [0.05, 0.1) is 10.7 Å². The van der Waals surface area contributed by atoms with Crippen LogP contribution in [0.5, 0.6) is 5.75 Å². The molecule has 1 unspecified atom stereocenters. The number of amides is 3. The first-order chi connectivity index (χ1) is 12.0. The Morgan fingerprint density at radius 2 is 2.08 bits per heavy atom. The van der Waals surface area contributed by atoms with Gasteiger partial charge in [-0.3, -0.25) is 15.1 Å². The van der Waals surface area contributed by atoms with Gasteiger partial charge in [0, 0.05) is 18.9 Å². The third-order valence-electron chi connectivity index (χ3n) is 3.27. The molecule has 7 nitrogen and oxygen atoms in total. The van der Waals surface area contributed by atoms with E-state index in [9.17, 15) is 9.59 Å². The Morgan fingerprint density at radius 1 is 1.28 bits per heavy atom. The highest BCUT2D eigenvalue weighted by atomic mass is 35.5. The van der Waals surface area contributed by atoms with Crippen LogP contribution in [0.2, 0.25) is 5.02 Å². The lowest BCUT2D eigenvalue weighted by Gasteiger charge is -2.15. The normalized spacial score (nSPS) is 11.3. The van der Waals surface area contributed by atoms with Gasteiger partial charge in [-0.05, 0) is 37.3 Å². The van der Waals surface area contributed by atoms with Gasteiger partial charge in [-0.1, -0.05) is 17.7 Å². The average molecular weight is 363 g/mol. The van der Waals surface area contributed by atoms with E-state index in [4.69, 9.17) is 16.3 Å². The number of carbonyl (C=O) groups excluding carboxylic acids is 2. The van der Waals surface area contributed by atoms with Gasteiger partial charge in [0.2, 0.25) is 5.91 Å². The van der Waals surface area contributed by atoms with Crippen molar-refractivity contribution in [3.05, 3.63) is 53.3 Å². The van der Waals surface area contributed by atoms with Gasteiger partial charge in [-0.25, -0.2) is 4.79 Å². The minimum Gasteiger partial charge on any atom is -0.486 e. The second-order valence-corrected chi connectivity index (χ2v) is 5.60. The molecular weight excluding hydrogens is 344 g/mol. The van der Waals surface area contributed by atoms with Crippen molar-refractivity contribution in [3.8, 4) is 5.75 Å². The Labute approximate surface area is 150 Å². The fraction of sp³-hybridized carbons (Fsp3) is 0.235. The van der Waals surface area contributed by atoms with Crippen molar-refractivity contribution < 1.29 is 14.3 Å². The van der Waals surface area contributed by atoms with Crippen LogP contribution in [0, 0.1) is 0 Å². The molecule has 1 aromatic heterocycles. The van der Waals surface area contributed by atoms with Crippen LogP contribution in [0.1, 0.15) is 12.6 Å². The maximum Gasteiger partial charge on any atom is 0.321 e. The first kappa shape index (κ1) is 18.5. The Balaban J connectivity index is 1.94. The number of aromatic nitrogens is 1. The monoisotopic (exact) mass is 362 g/mol. The summed E-state index contributed by atoms with van der Waals surface area (Å²) in [5.74, 6) is 0.0614. The molecule has 0 bridgehead atoms. The summed E-state index contributed by atoms with van der Waals surface area (Å²) in [7, 11) is 1.43. The molecule has 0 radical (unpaired) electrons. The number of carbonyl (C=O) groups is 2. The van der Waals surface area contributed by atoms with E-state index < -0.39 is 18.0 Å². The molecule has 132 valence electrons. The SMILES string of the molecule is CNC(=O)NC(=O)C(C)Nc1ccc(OCc2ccccn2)c(Cl)c1. The lowest BCUT2D eigenvalue weighted by molar-refractivity contribution is -0.120. The van der Waals surface area contributed by atoms with Crippen molar-refractivity contribution in [2.45, 2.75) is 19.6 Å². The van der Waals surface area contributed by atoms with Crippen molar-refractivity contribution in [2.24, 2.45) is 0 Å². The van der Waals surface area contributed by atoms with Gasteiger partial charge in [-0.2, -0.15) is 0 Å². The smallest absolute Gasteiger partial charge is 0.321 e. The van der Waals surface area contributed by atoms with Gasteiger partial charge in [0.25, 0.3) is 0 Å². The molecule has 1 heterocycles. The molecule has 3 amide bonds. The van der Waals surface area contributed by atoms with Crippen LogP contribution in [0.4, 0.5) is 10.5 Å². The Morgan fingerprint density at radius 3 is 2.72 bits per heavy atom. The Hall–Kier alpha value is -2.80. The fourth-order valence-corrected chi connectivity index (χ4v) is 2.18. The van der Waals surface area contributed by atoms with Crippen LogP contribution in [-0.4, -0.2) is 30.0 Å². The van der Waals surface area contributed by atoms with E-state index in [1.807, 2.05) is 18.2 Å². The minimum absolute atomic E-state index is 0.304. The van der Waals surface area contributed by atoms with Crippen LogP contribution in [0.25, 0.3) is 0 Å². The lowest BCUT2D eigenvalue weighted by atomic mass is 10.2. The molecule has 2 rings (SSSR count). The summed E-state index contributed by atoms with van der Waals surface area (Å²) in [6.45, 7) is 1.94. The molecule has 25 heavy (non-hydrogen) atoms. The molecule has 1 atom stereocenters. The van der Waals surface area contributed by atoms with Gasteiger partial charge in [0.1, 0.15) is 18.4 Å². The zero-order valence-corrected chi connectivity index (χ0v) is 14.6. The number of rotatable bonds is 6.